The molecule has 0 spiro atoms. The van der Waals surface area contributed by atoms with Crippen molar-refractivity contribution in [2.75, 3.05) is 7.11 Å². The number of methoxy groups -OCH3 is 1. The van der Waals surface area contributed by atoms with Gasteiger partial charge >= 0.3 is 0 Å². The molecular weight excluding hydrogens is 412 g/mol. The highest BCUT2D eigenvalue weighted by Crippen LogP contribution is 2.44. The second-order valence-corrected chi connectivity index (χ2v) is 8.36. The molecule has 7 heteroatoms. The van der Waals surface area contributed by atoms with Crippen molar-refractivity contribution < 1.29 is 18.3 Å². The largest absolute Gasteiger partial charge is 0.495 e. The van der Waals surface area contributed by atoms with Crippen molar-refractivity contribution in [2.24, 2.45) is 0 Å². The van der Waals surface area contributed by atoms with Crippen LogP contribution in [0.3, 0.4) is 0 Å². The first kappa shape index (κ1) is 20.4. The Bertz CT molecular complexity index is 1230. The maximum Gasteiger partial charge on any atom is 0.250 e. The fourth-order valence-electron chi connectivity index (χ4n) is 4.82. The van der Waals surface area contributed by atoms with E-state index in [1.807, 2.05) is 46.9 Å². The summed E-state index contributed by atoms with van der Waals surface area (Å²) in [6, 6.07) is 9.56. The van der Waals surface area contributed by atoms with Crippen molar-refractivity contribution in [1.82, 2.24) is 14.5 Å². The van der Waals surface area contributed by atoms with Crippen LogP contribution in [0.15, 0.2) is 54.5 Å². The van der Waals surface area contributed by atoms with Crippen molar-refractivity contribution in [3.8, 4) is 11.4 Å². The molecule has 164 valence electrons. The Morgan fingerprint density at radius 3 is 2.69 bits per heavy atom. The topological polar surface area (TPSA) is 47.4 Å². The number of benzene rings is 2. The minimum absolute atomic E-state index is 0.0458. The van der Waals surface area contributed by atoms with Crippen LogP contribution in [0.25, 0.3) is 11.8 Å². The monoisotopic (exact) mass is 435 g/mol. The Balaban J connectivity index is 1.42. The molecule has 2 aliphatic heterocycles. The summed E-state index contributed by atoms with van der Waals surface area (Å²) in [5, 5.41) is 0. The smallest absolute Gasteiger partial charge is 0.250 e. The van der Waals surface area contributed by atoms with Gasteiger partial charge in [-0.15, -0.1) is 0 Å². The highest BCUT2D eigenvalue weighted by Gasteiger charge is 2.44. The lowest BCUT2D eigenvalue weighted by atomic mass is 10.0. The van der Waals surface area contributed by atoms with Gasteiger partial charge in [0.1, 0.15) is 5.75 Å². The van der Waals surface area contributed by atoms with Gasteiger partial charge in [0.2, 0.25) is 0 Å². The molecule has 3 aromatic rings. The lowest BCUT2D eigenvalue weighted by molar-refractivity contribution is -0.127. The van der Waals surface area contributed by atoms with Gasteiger partial charge in [0, 0.05) is 17.8 Å². The average molecular weight is 435 g/mol. The molecule has 0 unspecified atom stereocenters. The summed E-state index contributed by atoms with van der Waals surface area (Å²) >= 11 is 0. The molecule has 5 nitrogen and oxygen atoms in total. The Kier molecular flexibility index (Phi) is 5.04. The molecule has 5 rings (SSSR count). The number of carbonyl (C=O) groups is 1. The Hall–Kier alpha value is -3.48. The van der Waals surface area contributed by atoms with Crippen molar-refractivity contribution >= 4 is 12.0 Å². The average Bonchev–Trinajstić information content (AvgIpc) is 3.47. The summed E-state index contributed by atoms with van der Waals surface area (Å²) < 4.78 is 34.6. The Morgan fingerprint density at radius 2 is 1.97 bits per heavy atom. The van der Waals surface area contributed by atoms with Gasteiger partial charge in [-0.1, -0.05) is 12.1 Å². The number of aromatic nitrogens is 2. The van der Waals surface area contributed by atoms with Crippen molar-refractivity contribution in [1.29, 1.82) is 0 Å². The molecule has 2 aliphatic rings. The highest BCUT2D eigenvalue weighted by molar-refractivity contribution is 6.01. The zero-order valence-electron chi connectivity index (χ0n) is 17.9. The van der Waals surface area contributed by atoms with Gasteiger partial charge in [-0.2, -0.15) is 0 Å². The first-order valence-electron chi connectivity index (χ1n) is 10.6. The van der Waals surface area contributed by atoms with E-state index < -0.39 is 11.6 Å². The third kappa shape index (κ3) is 3.47. The number of imidazole rings is 1. The molecule has 3 heterocycles. The minimum Gasteiger partial charge on any atom is -0.495 e. The number of amides is 1. The van der Waals surface area contributed by atoms with Gasteiger partial charge in [-0.3, -0.25) is 4.79 Å². The number of nitrogens with zero attached hydrogens (tertiary/aromatic N) is 3. The van der Waals surface area contributed by atoms with E-state index in [2.05, 4.69) is 4.98 Å². The molecule has 2 aromatic carbocycles. The van der Waals surface area contributed by atoms with Crippen LogP contribution in [-0.2, 0) is 4.79 Å². The lowest BCUT2D eigenvalue weighted by Gasteiger charge is -2.24. The SMILES string of the molecule is COc1cc(C=C2C[C@H]3CC[C@@H](c4ccc(F)c(F)c4)N3C2=O)ccc1-n1cnc(C)c1. The summed E-state index contributed by atoms with van der Waals surface area (Å²) in [4.78, 5) is 19.3. The van der Waals surface area contributed by atoms with Crippen LogP contribution in [0.4, 0.5) is 8.78 Å². The second kappa shape index (κ2) is 7.89. The summed E-state index contributed by atoms with van der Waals surface area (Å²) in [6.07, 6.45) is 7.79. The highest BCUT2D eigenvalue weighted by atomic mass is 19.2. The summed E-state index contributed by atoms with van der Waals surface area (Å²) in [7, 11) is 1.61. The Morgan fingerprint density at radius 1 is 1.12 bits per heavy atom. The van der Waals surface area contributed by atoms with Crippen LogP contribution >= 0.6 is 0 Å². The predicted octanol–water partition coefficient (Wildman–Crippen LogP) is 4.99. The number of ether oxygens (including phenoxy) is 1. The predicted molar refractivity (Wildman–Crippen MR) is 116 cm³/mol. The molecule has 2 fully saturated rings. The first-order chi connectivity index (χ1) is 15.4. The van der Waals surface area contributed by atoms with Crippen molar-refractivity contribution in [2.45, 2.75) is 38.3 Å². The number of hydrogen-bond donors (Lipinski definition) is 0. The van der Waals surface area contributed by atoms with E-state index in [-0.39, 0.29) is 18.0 Å². The van der Waals surface area contributed by atoms with Gasteiger partial charge in [0.15, 0.2) is 11.6 Å². The van der Waals surface area contributed by atoms with Gasteiger partial charge in [0.25, 0.3) is 5.91 Å². The van der Waals surface area contributed by atoms with Crippen LogP contribution in [0.1, 0.15) is 42.1 Å². The van der Waals surface area contributed by atoms with Crippen LogP contribution in [0, 0.1) is 18.6 Å². The number of aryl methyl sites for hydroxylation is 1. The summed E-state index contributed by atoms with van der Waals surface area (Å²) in [5.41, 5.74) is 4.01. The van der Waals surface area contributed by atoms with E-state index in [0.717, 1.165) is 41.4 Å². The normalized spacial score (nSPS) is 21.4. The molecule has 2 saturated heterocycles. The van der Waals surface area contributed by atoms with Gasteiger partial charge in [-0.25, -0.2) is 13.8 Å². The maximum atomic E-state index is 13.8. The first-order valence-corrected chi connectivity index (χ1v) is 10.6. The third-order valence-corrected chi connectivity index (χ3v) is 6.33. The minimum atomic E-state index is -0.881. The van der Waals surface area contributed by atoms with Crippen LogP contribution in [-0.4, -0.2) is 33.5 Å². The fraction of sp³-hybridized carbons (Fsp3) is 0.280. The van der Waals surface area contributed by atoms with E-state index in [1.165, 1.54) is 6.07 Å². The number of carbonyl (C=O) groups excluding carboxylic acids is 1. The van der Waals surface area contributed by atoms with Crippen LogP contribution < -0.4 is 4.74 Å². The molecule has 0 radical (unpaired) electrons. The van der Waals surface area contributed by atoms with Crippen LogP contribution in [0.5, 0.6) is 5.75 Å². The lowest BCUT2D eigenvalue weighted by Crippen LogP contribution is -2.30. The second-order valence-electron chi connectivity index (χ2n) is 8.36. The molecule has 0 aliphatic carbocycles. The third-order valence-electron chi connectivity index (χ3n) is 6.33. The van der Waals surface area contributed by atoms with Crippen molar-refractivity contribution in [3.63, 3.8) is 0 Å². The van der Waals surface area contributed by atoms with E-state index in [4.69, 9.17) is 4.74 Å². The molecule has 0 N–H and O–H groups in total. The number of halogens is 2. The molecule has 2 atom stereocenters. The molecular formula is C25H23F2N3O2. The fourth-order valence-corrected chi connectivity index (χ4v) is 4.82. The zero-order valence-corrected chi connectivity index (χ0v) is 17.9. The van der Waals surface area contributed by atoms with Gasteiger partial charge < -0.3 is 14.2 Å². The zero-order chi connectivity index (χ0) is 22.4. The Labute approximate surface area is 184 Å². The van der Waals surface area contributed by atoms with Crippen LogP contribution in [0.2, 0.25) is 0 Å². The maximum absolute atomic E-state index is 13.8. The summed E-state index contributed by atoms with van der Waals surface area (Å²) in [5.74, 6) is -1.12. The molecule has 1 amide bonds. The van der Waals surface area contributed by atoms with E-state index >= 15 is 0 Å². The van der Waals surface area contributed by atoms with E-state index in [9.17, 15) is 13.6 Å². The molecule has 0 bridgehead atoms. The molecule has 1 aromatic heterocycles. The van der Waals surface area contributed by atoms with E-state index in [1.54, 1.807) is 19.5 Å². The van der Waals surface area contributed by atoms with Crippen molar-refractivity contribution in [3.05, 3.63) is 83.0 Å². The molecule has 0 saturated carbocycles. The van der Waals surface area contributed by atoms with E-state index in [0.29, 0.717) is 17.7 Å². The van der Waals surface area contributed by atoms with Gasteiger partial charge in [0.05, 0.1) is 30.9 Å². The quantitative estimate of drug-likeness (QED) is 0.543. The number of fused-ring (bicyclic) bond motifs is 1. The standard InChI is InChI=1S/C25H23F2N3O2/c1-15-13-29(14-28-15)23-7-3-16(10-24(23)32-2)9-18-11-19-5-8-22(30(19)25(18)31)17-4-6-20(26)21(27)12-17/h3-4,6-7,9-10,12-14,19,22H,5,8,11H2,1-2H3/t19-,22+/m1/s1. The molecule has 32 heavy (non-hydrogen) atoms. The summed E-state index contributed by atoms with van der Waals surface area (Å²) in [6.45, 7) is 1.92. The number of rotatable bonds is 4. The number of hydrogen-bond acceptors (Lipinski definition) is 3. The van der Waals surface area contributed by atoms with Gasteiger partial charge in [-0.05, 0) is 67.7 Å².